The third-order valence-electron chi connectivity index (χ3n) is 2.56. The number of carboxylic acid groups (broad SMARTS) is 1. The Morgan fingerprint density at radius 1 is 1.38 bits per heavy atom. The second-order valence-corrected chi connectivity index (χ2v) is 3.76. The molecule has 86 valence electrons. The molecule has 0 aromatic carbocycles. The molecule has 3 N–H and O–H groups in total. The quantitative estimate of drug-likeness (QED) is 0.683. The summed E-state index contributed by atoms with van der Waals surface area (Å²) < 4.78 is 0. The maximum atomic E-state index is 10.6. The predicted molar refractivity (Wildman–Crippen MR) is 58.5 cm³/mol. The number of nitrogens with one attached hydrogen (secondary N) is 2. The maximum absolute atomic E-state index is 10.6. The first-order valence-electron chi connectivity index (χ1n) is 5.28. The zero-order valence-corrected chi connectivity index (χ0v) is 8.81. The van der Waals surface area contributed by atoms with Gasteiger partial charge in [-0.2, -0.15) is 0 Å². The van der Waals surface area contributed by atoms with Crippen LogP contribution in [0.5, 0.6) is 0 Å². The Morgan fingerprint density at radius 2 is 2.12 bits per heavy atom. The summed E-state index contributed by atoms with van der Waals surface area (Å²) in [5.74, 6) is -0.419. The fourth-order valence-electron chi connectivity index (χ4n) is 1.69. The summed E-state index contributed by atoms with van der Waals surface area (Å²) in [5.41, 5.74) is -0.0316. The minimum atomic E-state index is -1.05. The molecule has 1 fully saturated rings. The molecule has 0 saturated carbocycles. The van der Waals surface area contributed by atoms with Crippen LogP contribution in [0, 0.1) is 0 Å². The van der Waals surface area contributed by atoms with Crippen molar-refractivity contribution >= 4 is 11.8 Å². The van der Waals surface area contributed by atoms with Gasteiger partial charge in [0.15, 0.2) is 5.69 Å². The number of carboxylic acids is 1. The predicted octanol–water partition coefficient (Wildman–Crippen LogP) is 0.339. The van der Waals surface area contributed by atoms with Crippen LogP contribution in [0.4, 0.5) is 5.82 Å². The van der Waals surface area contributed by atoms with Gasteiger partial charge < -0.3 is 15.7 Å². The van der Waals surface area contributed by atoms with E-state index in [0.717, 1.165) is 25.9 Å². The van der Waals surface area contributed by atoms with Gasteiger partial charge >= 0.3 is 5.97 Å². The van der Waals surface area contributed by atoms with Crippen LogP contribution in [0.1, 0.15) is 23.3 Å². The van der Waals surface area contributed by atoms with Crippen LogP contribution in [0.15, 0.2) is 12.4 Å². The fourth-order valence-corrected chi connectivity index (χ4v) is 1.69. The van der Waals surface area contributed by atoms with Crippen molar-refractivity contribution in [1.29, 1.82) is 0 Å². The Labute approximate surface area is 93.1 Å². The molecule has 0 aliphatic carbocycles. The molecule has 0 atom stereocenters. The highest BCUT2D eigenvalue weighted by Gasteiger charge is 2.13. The van der Waals surface area contributed by atoms with Gasteiger partial charge in [0.25, 0.3) is 0 Å². The molecular weight excluding hydrogens is 208 g/mol. The highest BCUT2D eigenvalue weighted by molar-refractivity contribution is 5.84. The number of hydrogen-bond acceptors (Lipinski definition) is 5. The number of nitrogens with zero attached hydrogens (tertiary/aromatic N) is 2. The number of carbonyl (C=O) groups is 1. The summed E-state index contributed by atoms with van der Waals surface area (Å²) in [5, 5.41) is 15.2. The zero-order valence-electron chi connectivity index (χ0n) is 8.81. The lowest BCUT2D eigenvalue weighted by Gasteiger charge is -2.23. The van der Waals surface area contributed by atoms with Gasteiger partial charge in [-0.15, -0.1) is 0 Å². The van der Waals surface area contributed by atoms with Gasteiger partial charge in [0, 0.05) is 6.04 Å². The number of aromatic nitrogens is 2. The van der Waals surface area contributed by atoms with Crippen molar-refractivity contribution in [2.75, 3.05) is 18.4 Å². The van der Waals surface area contributed by atoms with Crippen LogP contribution >= 0.6 is 0 Å². The van der Waals surface area contributed by atoms with E-state index in [1.807, 2.05) is 0 Å². The van der Waals surface area contributed by atoms with Crippen molar-refractivity contribution in [1.82, 2.24) is 15.3 Å². The van der Waals surface area contributed by atoms with Crippen LogP contribution in [-0.2, 0) is 0 Å². The number of aromatic carboxylic acids is 1. The van der Waals surface area contributed by atoms with Gasteiger partial charge in [0.1, 0.15) is 5.82 Å². The van der Waals surface area contributed by atoms with Crippen molar-refractivity contribution in [2.45, 2.75) is 18.9 Å². The van der Waals surface area contributed by atoms with E-state index in [2.05, 4.69) is 20.6 Å². The van der Waals surface area contributed by atoms with Crippen molar-refractivity contribution in [3.05, 3.63) is 18.1 Å². The Morgan fingerprint density at radius 3 is 2.69 bits per heavy atom. The summed E-state index contributed by atoms with van der Waals surface area (Å²) in [4.78, 5) is 18.4. The lowest BCUT2D eigenvalue weighted by Crippen LogP contribution is -2.35. The normalized spacial score (nSPS) is 17.0. The van der Waals surface area contributed by atoms with E-state index in [-0.39, 0.29) is 5.69 Å². The summed E-state index contributed by atoms with van der Waals surface area (Å²) in [6.07, 6.45) is 4.82. The SMILES string of the molecule is O=C(O)c1cnc(NC2CCNCC2)cn1. The highest BCUT2D eigenvalue weighted by Crippen LogP contribution is 2.09. The van der Waals surface area contributed by atoms with Crippen molar-refractivity contribution < 1.29 is 9.90 Å². The molecule has 1 aromatic heterocycles. The van der Waals surface area contributed by atoms with E-state index in [1.165, 1.54) is 12.4 Å². The largest absolute Gasteiger partial charge is 0.476 e. The first-order chi connectivity index (χ1) is 7.75. The summed E-state index contributed by atoms with van der Waals surface area (Å²) in [6.45, 7) is 2.00. The van der Waals surface area contributed by atoms with Crippen molar-refractivity contribution in [3.8, 4) is 0 Å². The minimum Gasteiger partial charge on any atom is -0.476 e. The molecule has 0 amide bonds. The van der Waals surface area contributed by atoms with Crippen LogP contribution in [0.2, 0.25) is 0 Å². The van der Waals surface area contributed by atoms with Gasteiger partial charge in [-0.1, -0.05) is 0 Å². The number of anilines is 1. The van der Waals surface area contributed by atoms with E-state index < -0.39 is 5.97 Å². The molecular formula is C10H14N4O2. The molecule has 1 aliphatic rings. The van der Waals surface area contributed by atoms with Gasteiger partial charge in [-0.3, -0.25) is 0 Å². The topological polar surface area (TPSA) is 87.1 Å². The monoisotopic (exact) mass is 222 g/mol. The molecule has 0 bridgehead atoms. The van der Waals surface area contributed by atoms with E-state index >= 15 is 0 Å². The second-order valence-electron chi connectivity index (χ2n) is 3.76. The van der Waals surface area contributed by atoms with Crippen molar-refractivity contribution in [3.63, 3.8) is 0 Å². The van der Waals surface area contributed by atoms with E-state index in [1.54, 1.807) is 0 Å². The van der Waals surface area contributed by atoms with Gasteiger partial charge in [-0.05, 0) is 25.9 Å². The Hall–Kier alpha value is -1.69. The van der Waals surface area contributed by atoms with Crippen LogP contribution in [0.25, 0.3) is 0 Å². The lowest BCUT2D eigenvalue weighted by molar-refractivity contribution is 0.0690. The molecule has 0 radical (unpaired) electrons. The zero-order chi connectivity index (χ0) is 11.4. The van der Waals surface area contributed by atoms with Crippen LogP contribution < -0.4 is 10.6 Å². The first-order valence-corrected chi connectivity index (χ1v) is 5.28. The van der Waals surface area contributed by atoms with Crippen LogP contribution in [-0.4, -0.2) is 40.2 Å². The Balaban J connectivity index is 1.96. The third kappa shape index (κ3) is 2.66. The molecule has 2 rings (SSSR count). The van der Waals surface area contributed by atoms with Crippen LogP contribution in [0.3, 0.4) is 0 Å². The van der Waals surface area contributed by atoms with E-state index in [0.29, 0.717) is 11.9 Å². The first kappa shape index (κ1) is 10.8. The Kier molecular flexibility index (Phi) is 3.31. The summed E-state index contributed by atoms with van der Waals surface area (Å²) in [7, 11) is 0. The standard InChI is InChI=1S/C10H14N4O2/c15-10(16)8-5-13-9(6-12-8)14-7-1-3-11-4-2-7/h5-7,11H,1-4H2,(H,13,14)(H,15,16). The second kappa shape index (κ2) is 4.89. The Bertz CT molecular complexity index is 360. The summed E-state index contributed by atoms with van der Waals surface area (Å²) in [6, 6.07) is 0.395. The highest BCUT2D eigenvalue weighted by atomic mass is 16.4. The smallest absolute Gasteiger partial charge is 0.356 e. The lowest BCUT2D eigenvalue weighted by atomic mass is 10.1. The molecule has 6 heteroatoms. The maximum Gasteiger partial charge on any atom is 0.356 e. The molecule has 0 spiro atoms. The average Bonchev–Trinajstić information content (AvgIpc) is 2.31. The van der Waals surface area contributed by atoms with Crippen molar-refractivity contribution in [2.24, 2.45) is 0 Å². The van der Waals surface area contributed by atoms with E-state index in [4.69, 9.17) is 5.11 Å². The van der Waals surface area contributed by atoms with Gasteiger partial charge in [0.2, 0.25) is 0 Å². The molecule has 16 heavy (non-hydrogen) atoms. The number of piperidine rings is 1. The van der Waals surface area contributed by atoms with Gasteiger partial charge in [-0.25, -0.2) is 14.8 Å². The number of hydrogen-bond donors (Lipinski definition) is 3. The molecule has 6 nitrogen and oxygen atoms in total. The molecule has 0 unspecified atom stereocenters. The molecule has 1 saturated heterocycles. The number of rotatable bonds is 3. The molecule has 1 aromatic rings. The average molecular weight is 222 g/mol. The van der Waals surface area contributed by atoms with E-state index in [9.17, 15) is 4.79 Å². The minimum absolute atomic E-state index is 0.0316. The van der Waals surface area contributed by atoms with Gasteiger partial charge in [0.05, 0.1) is 12.4 Å². The third-order valence-corrected chi connectivity index (χ3v) is 2.56. The molecule has 1 aliphatic heterocycles. The fraction of sp³-hybridized carbons (Fsp3) is 0.500. The summed E-state index contributed by atoms with van der Waals surface area (Å²) >= 11 is 0. The molecule has 2 heterocycles.